The van der Waals surface area contributed by atoms with Crippen molar-refractivity contribution in [1.82, 2.24) is 4.98 Å². The number of benzene rings is 2. The molecule has 2 N–H and O–H groups in total. The SMILES string of the molecule is O=C(/C=C/c1ccccc1OC(F)F)Nc1ccc2oc(=O)[nH]c2c1. The smallest absolute Gasteiger partial charge is 0.417 e. The fourth-order valence-corrected chi connectivity index (χ4v) is 2.20. The molecule has 2 aromatic carbocycles. The summed E-state index contributed by atoms with van der Waals surface area (Å²) in [5.74, 6) is -1.09. The van der Waals surface area contributed by atoms with E-state index < -0.39 is 18.3 Å². The van der Waals surface area contributed by atoms with Gasteiger partial charge in [0.1, 0.15) is 5.75 Å². The maximum absolute atomic E-state index is 12.4. The summed E-state index contributed by atoms with van der Waals surface area (Å²) in [5, 5.41) is 2.60. The third kappa shape index (κ3) is 4.11. The number of aromatic nitrogens is 1. The van der Waals surface area contributed by atoms with Crippen LogP contribution >= 0.6 is 0 Å². The van der Waals surface area contributed by atoms with E-state index in [0.717, 1.165) is 0 Å². The predicted octanol–water partition coefficient (Wildman–Crippen LogP) is 3.37. The number of carbonyl (C=O) groups is 1. The lowest BCUT2D eigenvalue weighted by atomic mass is 10.2. The van der Waals surface area contributed by atoms with Crippen LogP contribution < -0.4 is 15.8 Å². The van der Waals surface area contributed by atoms with Crippen LogP contribution in [0.4, 0.5) is 14.5 Å². The maximum atomic E-state index is 12.4. The van der Waals surface area contributed by atoms with Crippen LogP contribution in [0.5, 0.6) is 5.75 Å². The summed E-state index contributed by atoms with van der Waals surface area (Å²) >= 11 is 0. The lowest BCUT2D eigenvalue weighted by Gasteiger charge is -2.07. The minimum absolute atomic E-state index is 0.0288. The van der Waals surface area contributed by atoms with Gasteiger partial charge in [0.05, 0.1) is 5.52 Å². The molecule has 25 heavy (non-hydrogen) atoms. The molecule has 3 aromatic rings. The second kappa shape index (κ2) is 7.00. The average molecular weight is 346 g/mol. The number of H-pyrrole nitrogens is 1. The zero-order chi connectivity index (χ0) is 17.8. The molecular weight excluding hydrogens is 334 g/mol. The number of aromatic amines is 1. The average Bonchev–Trinajstić information content (AvgIpc) is 2.93. The van der Waals surface area contributed by atoms with Gasteiger partial charge in [-0.1, -0.05) is 18.2 Å². The Morgan fingerprint density at radius 3 is 2.84 bits per heavy atom. The van der Waals surface area contributed by atoms with E-state index in [4.69, 9.17) is 4.42 Å². The molecular formula is C17H12F2N2O4. The highest BCUT2D eigenvalue weighted by Gasteiger charge is 2.08. The summed E-state index contributed by atoms with van der Waals surface area (Å²) in [7, 11) is 0. The third-order valence-corrected chi connectivity index (χ3v) is 3.24. The van der Waals surface area contributed by atoms with E-state index in [0.29, 0.717) is 22.4 Å². The van der Waals surface area contributed by atoms with Crippen LogP contribution in [-0.4, -0.2) is 17.5 Å². The van der Waals surface area contributed by atoms with Gasteiger partial charge in [0, 0.05) is 17.3 Å². The van der Waals surface area contributed by atoms with E-state index >= 15 is 0 Å². The molecule has 1 aromatic heterocycles. The number of amides is 1. The minimum Gasteiger partial charge on any atom is -0.434 e. The maximum Gasteiger partial charge on any atom is 0.417 e. The molecule has 8 heteroatoms. The van der Waals surface area contributed by atoms with Crippen molar-refractivity contribution in [3.05, 3.63) is 64.7 Å². The molecule has 0 spiro atoms. The molecule has 0 fully saturated rings. The van der Waals surface area contributed by atoms with Crippen molar-refractivity contribution >= 4 is 28.8 Å². The van der Waals surface area contributed by atoms with Gasteiger partial charge < -0.3 is 14.5 Å². The summed E-state index contributed by atoms with van der Waals surface area (Å²) in [6.07, 6.45) is 2.56. The molecule has 1 heterocycles. The molecule has 0 radical (unpaired) electrons. The molecule has 0 saturated carbocycles. The number of halogens is 2. The van der Waals surface area contributed by atoms with Crippen LogP contribution in [0.15, 0.2) is 57.8 Å². The molecule has 0 unspecified atom stereocenters. The van der Waals surface area contributed by atoms with Crippen LogP contribution in [-0.2, 0) is 4.79 Å². The van der Waals surface area contributed by atoms with Gasteiger partial charge in [0.25, 0.3) is 0 Å². The zero-order valence-electron chi connectivity index (χ0n) is 12.7. The Morgan fingerprint density at radius 2 is 2.04 bits per heavy atom. The first kappa shape index (κ1) is 16.4. The standard InChI is InChI=1S/C17H12F2N2O4/c18-16(19)24-13-4-2-1-3-10(13)5-8-15(22)20-11-6-7-14-12(9-11)21-17(23)25-14/h1-9,16H,(H,20,22)(H,21,23)/b8-5+. The summed E-state index contributed by atoms with van der Waals surface area (Å²) in [5.41, 5.74) is 1.60. The lowest BCUT2D eigenvalue weighted by molar-refractivity contribution is -0.111. The monoisotopic (exact) mass is 346 g/mol. The molecule has 6 nitrogen and oxygen atoms in total. The topological polar surface area (TPSA) is 84.3 Å². The molecule has 0 saturated heterocycles. The Morgan fingerprint density at radius 1 is 1.24 bits per heavy atom. The van der Waals surface area contributed by atoms with E-state index in [-0.39, 0.29) is 5.75 Å². The highest BCUT2D eigenvalue weighted by atomic mass is 19.3. The number of ether oxygens (including phenoxy) is 1. The van der Waals surface area contributed by atoms with Gasteiger partial charge in [-0.2, -0.15) is 8.78 Å². The highest BCUT2D eigenvalue weighted by molar-refractivity contribution is 6.02. The molecule has 128 valence electrons. The zero-order valence-corrected chi connectivity index (χ0v) is 12.7. The van der Waals surface area contributed by atoms with E-state index in [1.165, 1.54) is 18.2 Å². The van der Waals surface area contributed by atoms with Crippen molar-refractivity contribution in [2.45, 2.75) is 6.61 Å². The van der Waals surface area contributed by atoms with E-state index in [9.17, 15) is 18.4 Å². The van der Waals surface area contributed by atoms with Crippen LogP contribution in [0.2, 0.25) is 0 Å². The van der Waals surface area contributed by atoms with E-state index in [2.05, 4.69) is 15.0 Å². The number of fused-ring (bicyclic) bond motifs is 1. The quantitative estimate of drug-likeness (QED) is 0.694. The van der Waals surface area contributed by atoms with Gasteiger partial charge in [0.15, 0.2) is 5.58 Å². The lowest BCUT2D eigenvalue weighted by Crippen LogP contribution is -2.08. The second-order valence-electron chi connectivity index (χ2n) is 4.96. The number of rotatable bonds is 5. The summed E-state index contributed by atoms with van der Waals surface area (Å²) < 4.78 is 34.0. The van der Waals surface area contributed by atoms with Gasteiger partial charge in [-0.25, -0.2) is 4.79 Å². The van der Waals surface area contributed by atoms with Gasteiger partial charge in [0.2, 0.25) is 5.91 Å². The van der Waals surface area contributed by atoms with Gasteiger partial charge in [-0.3, -0.25) is 9.78 Å². The van der Waals surface area contributed by atoms with E-state index in [1.807, 2.05) is 0 Å². The number of anilines is 1. The van der Waals surface area contributed by atoms with Crippen LogP contribution in [0, 0.1) is 0 Å². The van der Waals surface area contributed by atoms with Crippen LogP contribution in [0.25, 0.3) is 17.2 Å². The summed E-state index contributed by atoms with van der Waals surface area (Å²) in [6, 6.07) is 10.8. The van der Waals surface area contributed by atoms with Gasteiger partial charge in [-0.15, -0.1) is 0 Å². The van der Waals surface area contributed by atoms with Crippen molar-refractivity contribution < 1.29 is 22.7 Å². The first-order valence-corrected chi connectivity index (χ1v) is 7.17. The Balaban J connectivity index is 1.73. The number of para-hydroxylation sites is 1. The summed E-state index contributed by atoms with van der Waals surface area (Å²) in [4.78, 5) is 25.6. The molecule has 3 rings (SSSR count). The second-order valence-corrected chi connectivity index (χ2v) is 4.96. The van der Waals surface area contributed by atoms with Crippen LogP contribution in [0.1, 0.15) is 5.56 Å². The highest BCUT2D eigenvalue weighted by Crippen LogP contribution is 2.22. The Labute approximate surface area is 139 Å². The fraction of sp³-hybridized carbons (Fsp3) is 0.0588. The van der Waals surface area contributed by atoms with Crippen molar-refractivity contribution in [2.75, 3.05) is 5.32 Å². The number of carbonyl (C=O) groups excluding carboxylic acids is 1. The molecule has 0 aliphatic heterocycles. The largest absolute Gasteiger partial charge is 0.434 e. The van der Waals surface area contributed by atoms with Crippen molar-refractivity contribution in [2.24, 2.45) is 0 Å². The number of nitrogens with one attached hydrogen (secondary N) is 2. The number of alkyl halides is 2. The number of hydrogen-bond donors (Lipinski definition) is 2. The van der Waals surface area contributed by atoms with Crippen molar-refractivity contribution in [3.8, 4) is 5.75 Å². The molecule has 0 aliphatic rings. The van der Waals surface area contributed by atoms with Crippen molar-refractivity contribution in [1.29, 1.82) is 0 Å². The number of oxazole rings is 1. The first-order valence-electron chi connectivity index (χ1n) is 7.17. The first-order chi connectivity index (χ1) is 12.0. The molecule has 0 atom stereocenters. The van der Waals surface area contributed by atoms with Gasteiger partial charge in [-0.05, 0) is 30.3 Å². The predicted molar refractivity (Wildman–Crippen MR) is 87.6 cm³/mol. The normalized spacial score (nSPS) is 11.3. The Bertz CT molecular complexity index is 991. The third-order valence-electron chi connectivity index (χ3n) is 3.24. The molecule has 1 amide bonds. The number of hydrogen-bond acceptors (Lipinski definition) is 4. The van der Waals surface area contributed by atoms with E-state index in [1.54, 1.807) is 36.4 Å². The minimum atomic E-state index is -2.95. The Kier molecular flexibility index (Phi) is 4.60. The molecule has 0 aliphatic carbocycles. The Hall–Kier alpha value is -3.42. The van der Waals surface area contributed by atoms with Crippen molar-refractivity contribution in [3.63, 3.8) is 0 Å². The fourth-order valence-electron chi connectivity index (χ4n) is 2.20. The van der Waals surface area contributed by atoms with Crippen LogP contribution in [0.3, 0.4) is 0 Å². The molecule has 0 bridgehead atoms. The summed E-state index contributed by atoms with van der Waals surface area (Å²) in [6.45, 7) is -2.95. The van der Waals surface area contributed by atoms with Gasteiger partial charge >= 0.3 is 12.4 Å².